The summed E-state index contributed by atoms with van der Waals surface area (Å²) in [4.78, 5) is 7.14. The zero-order valence-electron chi connectivity index (χ0n) is 12.1. The number of pyridine rings is 1. The first kappa shape index (κ1) is 13.6. The van der Waals surface area contributed by atoms with Gasteiger partial charge in [-0.2, -0.15) is 0 Å². The van der Waals surface area contributed by atoms with Crippen LogP contribution in [0.5, 0.6) is 0 Å². The summed E-state index contributed by atoms with van der Waals surface area (Å²) in [5.41, 5.74) is 3.34. The van der Waals surface area contributed by atoms with E-state index in [-0.39, 0.29) is 6.61 Å². The fraction of sp³-hybridized carbons (Fsp3) is 0.562. The molecule has 20 heavy (non-hydrogen) atoms. The molecular formula is C16H23N3O. The highest BCUT2D eigenvalue weighted by Gasteiger charge is 2.22. The number of hydrogen-bond acceptors (Lipinski definition) is 3. The molecule has 2 aromatic heterocycles. The second-order valence-electron chi connectivity index (χ2n) is 5.79. The SMILES string of the molecule is Cc1cccn2cc(CN(CCO)C3CCCC3)nc12. The van der Waals surface area contributed by atoms with Crippen LogP contribution in [0.25, 0.3) is 5.65 Å². The molecule has 0 aliphatic heterocycles. The molecular weight excluding hydrogens is 250 g/mol. The van der Waals surface area contributed by atoms with E-state index in [1.54, 1.807) is 0 Å². The number of aliphatic hydroxyl groups excluding tert-OH is 1. The number of aromatic nitrogens is 2. The molecule has 2 aromatic rings. The molecule has 0 unspecified atom stereocenters. The van der Waals surface area contributed by atoms with E-state index in [0.717, 1.165) is 24.4 Å². The Kier molecular flexibility index (Phi) is 4.03. The smallest absolute Gasteiger partial charge is 0.139 e. The van der Waals surface area contributed by atoms with Crippen molar-refractivity contribution in [3.63, 3.8) is 0 Å². The van der Waals surface area contributed by atoms with E-state index >= 15 is 0 Å². The molecule has 0 atom stereocenters. The van der Waals surface area contributed by atoms with Gasteiger partial charge in [0.05, 0.1) is 12.3 Å². The summed E-state index contributed by atoms with van der Waals surface area (Å²) in [5, 5.41) is 9.29. The first-order valence-corrected chi connectivity index (χ1v) is 7.56. The third-order valence-electron chi connectivity index (χ3n) is 4.32. The lowest BCUT2D eigenvalue weighted by atomic mass is 10.2. The summed E-state index contributed by atoms with van der Waals surface area (Å²) >= 11 is 0. The third-order valence-corrected chi connectivity index (χ3v) is 4.32. The van der Waals surface area contributed by atoms with Crippen LogP contribution in [-0.4, -0.2) is 38.6 Å². The predicted octanol–water partition coefficient (Wildman–Crippen LogP) is 2.38. The van der Waals surface area contributed by atoms with Gasteiger partial charge in [0.25, 0.3) is 0 Å². The van der Waals surface area contributed by atoms with E-state index in [4.69, 9.17) is 4.98 Å². The summed E-state index contributed by atoms with van der Waals surface area (Å²) in [6, 6.07) is 4.76. The van der Waals surface area contributed by atoms with Gasteiger partial charge in [0.1, 0.15) is 5.65 Å². The topological polar surface area (TPSA) is 40.8 Å². The summed E-state index contributed by atoms with van der Waals surface area (Å²) in [7, 11) is 0. The molecule has 3 rings (SSSR count). The lowest BCUT2D eigenvalue weighted by Gasteiger charge is -2.27. The largest absolute Gasteiger partial charge is 0.395 e. The van der Waals surface area contributed by atoms with Crippen molar-refractivity contribution in [2.75, 3.05) is 13.2 Å². The van der Waals surface area contributed by atoms with Crippen LogP contribution in [0, 0.1) is 6.92 Å². The van der Waals surface area contributed by atoms with Crippen LogP contribution in [0.3, 0.4) is 0 Å². The van der Waals surface area contributed by atoms with Crippen LogP contribution in [0.1, 0.15) is 36.9 Å². The monoisotopic (exact) mass is 273 g/mol. The van der Waals surface area contributed by atoms with Crippen molar-refractivity contribution in [3.8, 4) is 0 Å². The molecule has 1 aliphatic rings. The zero-order valence-corrected chi connectivity index (χ0v) is 12.1. The van der Waals surface area contributed by atoms with Gasteiger partial charge >= 0.3 is 0 Å². The van der Waals surface area contributed by atoms with Gasteiger partial charge in [-0.1, -0.05) is 18.9 Å². The van der Waals surface area contributed by atoms with Crippen molar-refractivity contribution in [1.82, 2.24) is 14.3 Å². The molecule has 108 valence electrons. The molecule has 1 fully saturated rings. The molecule has 0 radical (unpaired) electrons. The van der Waals surface area contributed by atoms with Gasteiger partial charge in [-0.05, 0) is 31.4 Å². The van der Waals surface area contributed by atoms with Crippen molar-refractivity contribution in [1.29, 1.82) is 0 Å². The third kappa shape index (κ3) is 2.72. The molecule has 4 heteroatoms. The maximum absolute atomic E-state index is 9.29. The number of hydrogen-bond donors (Lipinski definition) is 1. The lowest BCUT2D eigenvalue weighted by Crippen LogP contribution is -2.35. The average Bonchev–Trinajstić information content (AvgIpc) is 3.07. The van der Waals surface area contributed by atoms with Crippen molar-refractivity contribution in [2.24, 2.45) is 0 Å². The van der Waals surface area contributed by atoms with Gasteiger partial charge in [0.2, 0.25) is 0 Å². The maximum Gasteiger partial charge on any atom is 0.139 e. The van der Waals surface area contributed by atoms with Gasteiger partial charge in [-0.3, -0.25) is 4.90 Å². The minimum Gasteiger partial charge on any atom is -0.395 e. The van der Waals surface area contributed by atoms with Crippen LogP contribution >= 0.6 is 0 Å². The number of aliphatic hydroxyl groups is 1. The number of rotatable bonds is 5. The highest BCUT2D eigenvalue weighted by Crippen LogP contribution is 2.24. The molecule has 0 bridgehead atoms. The van der Waals surface area contributed by atoms with Crippen molar-refractivity contribution < 1.29 is 5.11 Å². The Balaban J connectivity index is 1.80. The van der Waals surface area contributed by atoms with Gasteiger partial charge in [-0.25, -0.2) is 4.98 Å². The van der Waals surface area contributed by atoms with E-state index < -0.39 is 0 Å². The standard InChI is InChI=1S/C16H23N3O/c1-13-5-4-8-19-12-14(17-16(13)19)11-18(9-10-20)15-6-2-3-7-15/h4-5,8,12,15,20H,2-3,6-7,9-11H2,1H3. The van der Waals surface area contributed by atoms with Crippen LogP contribution < -0.4 is 0 Å². The van der Waals surface area contributed by atoms with Crippen molar-refractivity contribution >= 4 is 5.65 Å². The normalized spacial score (nSPS) is 16.6. The Hall–Kier alpha value is -1.39. The van der Waals surface area contributed by atoms with E-state index in [2.05, 4.69) is 34.6 Å². The highest BCUT2D eigenvalue weighted by atomic mass is 16.3. The second kappa shape index (κ2) is 5.94. The minimum absolute atomic E-state index is 0.225. The summed E-state index contributed by atoms with van der Waals surface area (Å²) in [5.74, 6) is 0. The van der Waals surface area contributed by atoms with Gasteiger partial charge in [0.15, 0.2) is 0 Å². The van der Waals surface area contributed by atoms with Gasteiger partial charge in [-0.15, -0.1) is 0 Å². The summed E-state index contributed by atoms with van der Waals surface area (Å²) < 4.78 is 2.09. The summed E-state index contributed by atoms with van der Waals surface area (Å²) in [6.07, 6.45) is 9.30. The van der Waals surface area contributed by atoms with Crippen LogP contribution in [-0.2, 0) is 6.54 Å². The predicted molar refractivity (Wildman–Crippen MR) is 79.7 cm³/mol. The van der Waals surface area contributed by atoms with E-state index in [9.17, 15) is 5.11 Å². The highest BCUT2D eigenvalue weighted by molar-refractivity contribution is 5.47. The fourth-order valence-electron chi connectivity index (χ4n) is 3.28. The summed E-state index contributed by atoms with van der Waals surface area (Å²) in [6.45, 7) is 3.90. The Morgan fingerprint density at radius 1 is 1.40 bits per heavy atom. The molecule has 0 saturated heterocycles. The van der Waals surface area contributed by atoms with Crippen LogP contribution in [0.2, 0.25) is 0 Å². The minimum atomic E-state index is 0.225. The number of imidazole rings is 1. The molecule has 2 heterocycles. The van der Waals surface area contributed by atoms with E-state index in [1.807, 2.05) is 6.20 Å². The van der Waals surface area contributed by atoms with E-state index in [0.29, 0.717) is 6.04 Å². The maximum atomic E-state index is 9.29. The number of nitrogens with zero attached hydrogens (tertiary/aromatic N) is 3. The Morgan fingerprint density at radius 2 is 2.20 bits per heavy atom. The Bertz CT molecular complexity index is 572. The lowest BCUT2D eigenvalue weighted by molar-refractivity contribution is 0.143. The number of aryl methyl sites for hydroxylation is 1. The van der Waals surface area contributed by atoms with Gasteiger partial charge < -0.3 is 9.51 Å². The van der Waals surface area contributed by atoms with E-state index in [1.165, 1.54) is 31.2 Å². The Morgan fingerprint density at radius 3 is 2.90 bits per heavy atom. The Labute approximate surface area is 120 Å². The molecule has 0 aromatic carbocycles. The molecule has 0 amide bonds. The number of fused-ring (bicyclic) bond motifs is 1. The fourth-order valence-corrected chi connectivity index (χ4v) is 3.28. The quantitative estimate of drug-likeness (QED) is 0.909. The molecule has 1 aliphatic carbocycles. The first-order valence-electron chi connectivity index (χ1n) is 7.56. The first-order chi connectivity index (χ1) is 9.78. The molecule has 4 nitrogen and oxygen atoms in total. The van der Waals surface area contributed by atoms with Crippen molar-refractivity contribution in [3.05, 3.63) is 35.8 Å². The molecule has 1 saturated carbocycles. The zero-order chi connectivity index (χ0) is 13.9. The molecule has 1 N–H and O–H groups in total. The average molecular weight is 273 g/mol. The molecule has 0 spiro atoms. The van der Waals surface area contributed by atoms with Gasteiger partial charge in [0, 0.05) is 31.5 Å². The van der Waals surface area contributed by atoms with Crippen LogP contribution in [0.15, 0.2) is 24.5 Å². The second-order valence-corrected chi connectivity index (χ2v) is 5.79. The van der Waals surface area contributed by atoms with Crippen molar-refractivity contribution in [2.45, 2.75) is 45.2 Å². The van der Waals surface area contributed by atoms with Crippen LogP contribution in [0.4, 0.5) is 0 Å².